The Morgan fingerprint density at radius 3 is 3.00 bits per heavy atom. The Morgan fingerprint density at radius 2 is 2.33 bits per heavy atom. The molecule has 21 heavy (non-hydrogen) atoms. The van der Waals surface area contributed by atoms with Crippen LogP contribution in [0.1, 0.15) is 41.7 Å². The number of carbonyl (C=O) groups excluding carboxylic acids is 1. The molecule has 2 unspecified atom stereocenters. The molecule has 1 aromatic rings. The second-order valence-electron chi connectivity index (χ2n) is 5.91. The molecule has 5 nitrogen and oxygen atoms in total. The van der Waals surface area contributed by atoms with Crippen LogP contribution in [0, 0.1) is 0 Å². The molecule has 0 saturated carbocycles. The van der Waals surface area contributed by atoms with Crippen molar-refractivity contribution in [2.24, 2.45) is 0 Å². The number of nitrogens with one attached hydrogen (secondary N) is 1. The van der Waals surface area contributed by atoms with Crippen molar-refractivity contribution in [3.8, 4) is 0 Å². The van der Waals surface area contributed by atoms with Gasteiger partial charge in [-0.15, -0.1) is 0 Å². The fourth-order valence-electron chi connectivity index (χ4n) is 3.51. The Labute approximate surface area is 125 Å². The highest BCUT2D eigenvalue weighted by molar-refractivity contribution is 5.88. The van der Waals surface area contributed by atoms with Gasteiger partial charge >= 0.3 is 5.97 Å². The van der Waals surface area contributed by atoms with Gasteiger partial charge in [-0.25, -0.2) is 4.79 Å². The molecule has 5 heteroatoms. The molecule has 114 valence electrons. The first-order chi connectivity index (χ1) is 10.3. The average molecular weight is 289 g/mol. The zero-order chi connectivity index (χ0) is 14.7. The molecule has 1 N–H and O–H groups in total. The van der Waals surface area contributed by atoms with Crippen molar-refractivity contribution in [3.63, 3.8) is 0 Å². The average Bonchev–Trinajstić information content (AvgIpc) is 3.18. The third-order valence-electron chi connectivity index (χ3n) is 4.59. The summed E-state index contributed by atoms with van der Waals surface area (Å²) in [6.07, 6.45) is 6.73. The molecule has 2 atom stereocenters. The number of hydrogen-bond donors (Lipinski definition) is 1. The van der Waals surface area contributed by atoms with E-state index in [0.717, 1.165) is 25.3 Å². The van der Waals surface area contributed by atoms with Gasteiger partial charge in [-0.1, -0.05) is 0 Å². The smallest absolute Gasteiger partial charge is 0.339 e. The van der Waals surface area contributed by atoms with Crippen LogP contribution in [0.2, 0.25) is 0 Å². The van der Waals surface area contributed by atoms with Crippen LogP contribution in [0.5, 0.6) is 0 Å². The van der Waals surface area contributed by atoms with Crippen LogP contribution in [0.3, 0.4) is 0 Å². The van der Waals surface area contributed by atoms with Crippen LogP contribution >= 0.6 is 0 Å². The maximum atomic E-state index is 11.4. The van der Waals surface area contributed by atoms with E-state index in [1.807, 2.05) is 6.07 Å². The summed E-state index contributed by atoms with van der Waals surface area (Å²) in [5.41, 5.74) is 1.53. The molecule has 3 rings (SSSR count). The molecule has 2 aliphatic heterocycles. The zero-order valence-corrected chi connectivity index (χ0v) is 12.5. The van der Waals surface area contributed by atoms with Crippen LogP contribution in [0.4, 0.5) is 0 Å². The van der Waals surface area contributed by atoms with Crippen LogP contribution < -0.4 is 5.32 Å². The highest BCUT2D eigenvalue weighted by Crippen LogP contribution is 2.26. The van der Waals surface area contributed by atoms with Crippen molar-refractivity contribution >= 4 is 5.97 Å². The van der Waals surface area contributed by atoms with E-state index in [4.69, 9.17) is 4.74 Å². The summed E-state index contributed by atoms with van der Waals surface area (Å²) in [7, 11) is 1.39. The predicted molar refractivity (Wildman–Crippen MR) is 80.0 cm³/mol. The summed E-state index contributed by atoms with van der Waals surface area (Å²) in [4.78, 5) is 18.4. The summed E-state index contributed by atoms with van der Waals surface area (Å²) >= 11 is 0. The molecule has 2 aliphatic rings. The fourth-order valence-corrected chi connectivity index (χ4v) is 3.51. The van der Waals surface area contributed by atoms with Gasteiger partial charge in [0, 0.05) is 24.8 Å². The van der Waals surface area contributed by atoms with Gasteiger partial charge in [-0.05, 0) is 50.9 Å². The Hall–Kier alpha value is -1.46. The Balaban J connectivity index is 1.63. The number of aromatic nitrogens is 1. The van der Waals surface area contributed by atoms with Crippen LogP contribution in [0.15, 0.2) is 18.3 Å². The molecule has 0 radical (unpaired) electrons. The van der Waals surface area contributed by atoms with E-state index in [2.05, 4.69) is 15.2 Å². The second kappa shape index (κ2) is 6.54. The number of hydrogen-bond acceptors (Lipinski definition) is 5. The number of ether oxygens (including phenoxy) is 1. The SMILES string of the molecule is COC(=O)c1ccc(CN2CCCC2C2CCCN2)nc1. The minimum Gasteiger partial charge on any atom is -0.465 e. The van der Waals surface area contributed by atoms with Crippen molar-refractivity contribution < 1.29 is 9.53 Å². The topological polar surface area (TPSA) is 54.5 Å². The van der Waals surface area contributed by atoms with Gasteiger partial charge in [0.05, 0.1) is 18.4 Å². The molecule has 0 bridgehead atoms. The lowest BCUT2D eigenvalue weighted by Gasteiger charge is -2.29. The quantitative estimate of drug-likeness (QED) is 0.853. The standard InChI is InChI=1S/C16H23N3O2/c1-21-16(20)12-6-7-13(18-10-12)11-19-9-3-5-15(19)14-4-2-8-17-14/h6-7,10,14-15,17H,2-5,8-9,11H2,1H3. The third-order valence-corrected chi connectivity index (χ3v) is 4.59. The van der Waals surface area contributed by atoms with Crippen LogP contribution in [-0.2, 0) is 11.3 Å². The van der Waals surface area contributed by atoms with Crippen LogP contribution in [0.25, 0.3) is 0 Å². The van der Waals surface area contributed by atoms with Crippen molar-refractivity contribution in [1.29, 1.82) is 0 Å². The van der Waals surface area contributed by atoms with E-state index < -0.39 is 0 Å². The van der Waals surface area contributed by atoms with E-state index in [1.54, 1.807) is 12.3 Å². The first-order valence-corrected chi connectivity index (χ1v) is 7.78. The normalized spacial score (nSPS) is 26.1. The number of rotatable bonds is 4. The summed E-state index contributed by atoms with van der Waals surface area (Å²) in [6.45, 7) is 3.16. The monoisotopic (exact) mass is 289 g/mol. The highest BCUT2D eigenvalue weighted by atomic mass is 16.5. The molecule has 0 amide bonds. The first-order valence-electron chi connectivity index (χ1n) is 7.78. The zero-order valence-electron chi connectivity index (χ0n) is 12.5. The Kier molecular flexibility index (Phi) is 4.51. The summed E-state index contributed by atoms with van der Waals surface area (Å²) in [5.74, 6) is -0.330. The Bertz CT molecular complexity index is 483. The van der Waals surface area contributed by atoms with E-state index in [0.29, 0.717) is 17.6 Å². The molecule has 2 fully saturated rings. The van der Waals surface area contributed by atoms with Gasteiger partial charge in [-0.2, -0.15) is 0 Å². The lowest BCUT2D eigenvalue weighted by molar-refractivity contribution is 0.0600. The van der Waals surface area contributed by atoms with Crippen molar-refractivity contribution in [3.05, 3.63) is 29.6 Å². The lowest BCUT2D eigenvalue weighted by Crippen LogP contribution is -2.43. The molecular formula is C16H23N3O2. The number of methoxy groups -OCH3 is 1. The number of esters is 1. The van der Waals surface area contributed by atoms with Gasteiger partial charge < -0.3 is 10.1 Å². The van der Waals surface area contributed by atoms with Crippen molar-refractivity contribution in [2.45, 2.75) is 44.3 Å². The van der Waals surface area contributed by atoms with E-state index >= 15 is 0 Å². The number of pyridine rings is 1. The first kappa shape index (κ1) is 14.5. The van der Waals surface area contributed by atoms with Gasteiger partial charge in [0.15, 0.2) is 0 Å². The molecule has 0 spiro atoms. The van der Waals surface area contributed by atoms with Crippen molar-refractivity contribution in [2.75, 3.05) is 20.2 Å². The van der Waals surface area contributed by atoms with Gasteiger partial charge in [0.25, 0.3) is 0 Å². The molecule has 1 aromatic heterocycles. The summed E-state index contributed by atoms with van der Waals surface area (Å²) < 4.78 is 4.70. The number of nitrogens with zero attached hydrogens (tertiary/aromatic N) is 2. The van der Waals surface area contributed by atoms with E-state index in [9.17, 15) is 4.79 Å². The van der Waals surface area contributed by atoms with E-state index in [1.165, 1.54) is 32.8 Å². The van der Waals surface area contributed by atoms with Crippen LogP contribution in [-0.4, -0.2) is 48.1 Å². The fraction of sp³-hybridized carbons (Fsp3) is 0.625. The van der Waals surface area contributed by atoms with Crippen molar-refractivity contribution in [1.82, 2.24) is 15.2 Å². The second-order valence-corrected chi connectivity index (χ2v) is 5.91. The molecule has 0 aliphatic carbocycles. The lowest BCUT2D eigenvalue weighted by atomic mass is 10.0. The molecule has 0 aromatic carbocycles. The third kappa shape index (κ3) is 3.24. The highest BCUT2D eigenvalue weighted by Gasteiger charge is 2.33. The molecule has 2 saturated heterocycles. The maximum Gasteiger partial charge on any atom is 0.339 e. The van der Waals surface area contributed by atoms with Gasteiger partial charge in [-0.3, -0.25) is 9.88 Å². The minimum atomic E-state index is -0.330. The number of likely N-dealkylation sites (tertiary alicyclic amines) is 1. The van der Waals surface area contributed by atoms with E-state index in [-0.39, 0.29) is 5.97 Å². The van der Waals surface area contributed by atoms with Gasteiger partial charge in [0.1, 0.15) is 0 Å². The molecular weight excluding hydrogens is 266 g/mol. The predicted octanol–water partition coefficient (Wildman–Crippen LogP) is 1.58. The largest absolute Gasteiger partial charge is 0.465 e. The maximum absolute atomic E-state index is 11.4. The van der Waals surface area contributed by atoms with Gasteiger partial charge in [0.2, 0.25) is 0 Å². The summed E-state index contributed by atoms with van der Waals surface area (Å²) in [5, 5.41) is 3.62. The number of carbonyl (C=O) groups is 1. The summed E-state index contributed by atoms with van der Waals surface area (Å²) in [6, 6.07) is 5.01. The Morgan fingerprint density at radius 1 is 1.43 bits per heavy atom. The molecule has 3 heterocycles. The minimum absolute atomic E-state index is 0.330.